The number of hydrogen-bond acceptors (Lipinski definition) is 15. The van der Waals surface area contributed by atoms with Crippen molar-refractivity contribution >= 4 is 39.5 Å². The fourth-order valence-electron chi connectivity index (χ4n) is 10.3. The summed E-state index contributed by atoms with van der Waals surface area (Å²) in [6, 6.07) is 0. The van der Waals surface area contributed by atoms with E-state index in [-0.39, 0.29) is 25.7 Å². The van der Waals surface area contributed by atoms with Crippen LogP contribution in [0.5, 0.6) is 0 Å². The van der Waals surface area contributed by atoms with Crippen LogP contribution in [0.4, 0.5) is 0 Å². The zero-order valence-corrected chi connectivity index (χ0v) is 57.9. The summed E-state index contributed by atoms with van der Waals surface area (Å²) in [6.07, 6.45) is 47.1. The molecule has 0 aliphatic heterocycles. The van der Waals surface area contributed by atoms with Gasteiger partial charge in [0.05, 0.1) is 26.4 Å². The van der Waals surface area contributed by atoms with E-state index in [2.05, 4.69) is 34.6 Å². The van der Waals surface area contributed by atoms with Crippen molar-refractivity contribution in [1.29, 1.82) is 0 Å². The SMILES string of the molecule is CCCCCCCCCCCCCCCCC(=O)OC[C@H](COP(=O)(O)OC[C@@H](O)COP(=O)(O)OC[C@@H](COC(=O)CCCCCCCCCCC)OC(=O)CCCCCCCCCCCC)OC(=O)CCCCCCCCCCCCCC(C)C. The van der Waals surface area contributed by atoms with Gasteiger partial charge in [-0.2, -0.15) is 0 Å². The van der Waals surface area contributed by atoms with Crippen LogP contribution in [-0.2, 0) is 65.4 Å². The first-order chi connectivity index (χ1) is 42.0. The van der Waals surface area contributed by atoms with Crippen LogP contribution in [0.2, 0.25) is 0 Å². The number of phosphoric acid groups is 2. The molecule has 0 rings (SSSR count). The van der Waals surface area contributed by atoms with Crippen LogP contribution < -0.4 is 0 Å². The predicted octanol–water partition coefficient (Wildman–Crippen LogP) is 19.4. The summed E-state index contributed by atoms with van der Waals surface area (Å²) in [7, 11) is -9.89. The lowest BCUT2D eigenvalue weighted by molar-refractivity contribution is -0.161. The molecular weight excluding hydrogens is 1150 g/mol. The van der Waals surface area contributed by atoms with E-state index in [0.29, 0.717) is 25.7 Å². The summed E-state index contributed by atoms with van der Waals surface area (Å²) >= 11 is 0. The molecule has 0 bridgehead atoms. The minimum Gasteiger partial charge on any atom is -0.462 e. The summed E-state index contributed by atoms with van der Waals surface area (Å²) in [6.45, 7) is 7.21. The minimum atomic E-state index is -4.95. The highest BCUT2D eigenvalue weighted by atomic mass is 31.2. The van der Waals surface area contributed by atoms with Crippen molar-refractivity contribution in [2.45, 2.75) is 368 Å². The number of carbonyl (C=O) groups excluding carboxylic acids is 4. The van der Waals surface area contributed by atoms with Gasteiger partial charge in [0.1, 0.15) is 19.3 Å². The number of ether oxygens (including phenoxy) is 4. The molecule has 5 atom stereocenters. The number of phosphoric ester groups is 2. The molecule has 0 aliphatic rings. The molecule has 3 N–H and O–H groups in total. The average Bonchev–Trinajstić information content (AvgIpc) is 3.68. The van der Waals surface area contributed by atoms with Crippen LogP contribution in [0.25, 0.3) is 0 Å². The Hall–Kier alpha value is -1.94. The molecule has 2 unspecified atom stereocenters. The molecule has 19 heteroatoms. The van der Waals surface area contributed by atoms with Gasteiger partial charge in [-0.05, 0) is 31.6 Å². The molecule has 87 heavy (non-hydrogen) atoms. The Kier molecular flexibility index (Phi) is 60.2. The second-order valence-electron chi connectivity index (χ2n) is 25.0. The highest BCUT2D eigenvalue weighted by molar-refractivity contribution is 7.47. The third kappa shape index (κ3) is 62.6. The maximum Gasteiger partial charge on any atom is 0.472 e. The lowest BCUT2D eigenvalue weighted by Gasteiger charge is -2.21. The zero-order chi connectivity index (χ0) is 64.2. The van der Waals surface area contributed by atoms with Gasteiger partial charge in [0.2, 0.25) is 0 Å². The standard InChI is InChI=1S/C68H132O17P2/c1-6-9-12-15-18-21-23-24-25-28-33-37-42-47-52-66(71)79-58-64(85-68(73)54-49-44-39-34-29-26-27-31-35-40-45-50-61(4)5)60-83-87(76,77)81-56-62(69)55-80-86(74,75)82-59-63(57-78-65(70)51-46-41-36-30-20-17-14-11-8-3)84-67(72)53-48-43-38-32-22-19-16-13-10-7-2/h61-64,69H,6-60H2,1-5H3,(H,74,75)(H,76,77)/t62-,63+,64+/m0/s1. The van der Waals surface area contributed by atoms with Crippen molar-refractivity contribution < 1.29 is 80.2 Å². The van der Waals surface area contributed by atoms with Crippen molar-refractivity contribution in [3.05, 3.63) is 0 Å². The first-order valence-electron chi connectivity index (χ1n) is 35.6. The Balaban J connectivity index is 5.23. The molecule has 0 radical (unpaired) electrons. The average molecular weight is 1280 g/mol. The van der Waals surface area contributed by atoms with Crippen LogP contribution in [0.15, 0.2) is 0 Å². The van der Waals surface area contributed by atoms with E-state index in [1.54, 1.807) is 0 Å². The molecule has 0 saturated carbocycles. The number of esters is 4. The van der Waals surface area contributed by atoms with E-state index in [9.17, 15) is 43.2 Å². The minimum absolute atomic E-state index is 0.107. The highest BCUT2D eigenvalue weighted by Gasteiger charge is 2.30. The third-order valence-corrected chi connectivity index (χ3v) is 17.7. The largest absolute Gasteiger partial charge is 0.472 e. The molecule has 0 aromatic rings. The number of unbranched alkanes of at least 4 members (excludes halogenated alkanes) is 40. The number of aliphatic hydroxyl groups excluding tert-OH is 1. The third-order valence-electron chi connectivity index (χ3n) is 15.8. The monoisotopic (exact) mass is 1280 g/mol. The van der Waals surface area contributed by atoms with Crippen LogP contribution in [0, 0.1) is 5.92 Å². The molecule has 0 saturated heterocycles. The summed E-state index contributed by atoms with van der Waals surface area (Å²) < 4.78 is 68.1. The Morgan fingerprint density at radius 3 is 0.782 bits per heavy atom. The van der Waals surface area contributed by atoms with Gasteiger partial charge in [-0.25, -0.2) is 9.13 Å². The summed E-state index contributed by atoms with van der Waals surface area (Å²) in [5.41, 5.74) is 0. The van der Waals surface area contributed by atoms with Gasteiger partial charge in [-0.1, -0.05) is 298 Å². The zero-order valence-electron chi connectivity index (χ0n) is 56.2. The van der Waals surface area contributed by atoms with Gasteiger partial charge in [-0.3, -0.25) is 37.3 Å². The van der Waals surface area contributed by atoms with Gasteiger partial charge in [0.15, 0.2) is 12.2 Å². The number of hydrogen-bond donors (Lipinski definition) is 3. The van der Waals surface area contributed by atoms with Crippen molar-refractivity contribution in [2.24, 2.45) is 5.92 Å². The maximum atomic E-state index is 13.0. The Morgan fingerprint density at radius 1 is 0.310 bits per heavy atom. The van der Waals surface area contributed by atoms with Crippen LogP contribution in [0.3, 0.4) is 0 Å². The van der Waals surface area contributed by atoms with E-state index < -0.39 is 97.5 Å². The fraction of sp³-hybridized carbons (Fsp3) is 0.941. The van der Waals surface area contributed by atoms with Crippen LogP contribution >= 0.6 is 15.6 Å². The maximum absolute atomic E-state index is 13.0. The summed E-state index contributed by atoms with van der Waals surface area (Å²) in [5.74, 6) is -1.36. The fourth-order valence-corrected chi connectivity index (χ4v) is 11.9. The van der Waals surface area contributed by atoms with E-state index in [0.717, 1.165) is 95.8 Å². The Labute approximate surface area is 530 Å². The van der Waals surface area contributed by atoms with Crippen molar-refractivity contribution in [1.82, 2.24) is 0 Å². The molecular formula is C68H132O17P2. The molecule has 0 spiro atoms. The molecule has 0 fully saturated rings. The number of carbonyl (C=O) groups is 4. The van der Waals surface area contributed by atoms with Crippen molar-refractivity contribution in [3.63, 3.8) is 0 Å². The molecule has 0 aromatic heterocycles. The van der Waals surface area contributed by atoms with Gasteiger partial charge in [0.25, 0.3) is 0 Å². The van der Waals surface area contributed by atoms with Gasteiger partial charge < -0.3 is 33.8 Å². The molecule has 0 aromatic carbocycles. The van der Waals surface area contributed by atoms with Crippen molar-refractivity contribution in [3.8, 4) is 0 Å². The van der Waals surface area contributed by atoms with Crippen LogP contribution in [-0.4, -0.2) is 96.7 Å². The van der Waals surface area contributed by atoms with E-state index >= 15 is 0 Å². The number of aliphatic hydroxyl groups is 1. The van der Waals surface area contributed by atoms with Gasteiger partial charge >= 0.3 is 39.5 Å². The second kappa shape index (κ2) is 61.6. The van der Waals surface area contributed by atoms with E-state index in [1.165, 1.54) is 173 Å². The quantitative estimate of drug-likeness (QED) is 0.0222. The topological polar surface area (TPSA) is 237 Å². The smallest absolute Gasteiger partial charge is 0.462 e. The van der Waals surface area contributed by atoms with Crippen molar-refractivity contribution in [2.75, 3.05) is 39.6 Å². The lowest BCUT2D eigenvalue weighted by Crippen LogP contribution is -2.30. The summed E-state index contributed by atoms with van der Waals surface area (Å²) in [5, 5.41) is 10.6. The first-order valence-corrected chi connectivity index (χ1v) is 38.6. The van der Waals surface area contributed by atoms with Gasteiger partial charge in [0, 0.05) is 25.7 Å². The molecule has 17 nitrogen and oxygen atoms in total. The Bertz CT molecular complexity index is 1690. The van der Waals surface area contributed by atoms with E-state index in [4.69, 9.17) is 37.0 Å². The molecule has 0 amide bonds. The van der Waals surface area contributed by atoms with Gasteiger partial charge in [-0.15, -0.1) is 0 Å². The molecule has 516 valence electrons. The lowest BCUT2D eigenvalue weighted by atomic mass is 10.0. The first kappa shape index (κ1) is 85.1. The second-order valence-corrected chi connectivity index (χ2v) is 27.9. The van der Waals surface area contributed by atoms with E-state index in [1.807, 2.05) is 0 Å². The molecule has 0 heterocycles. The normalized spacial score (nSPS) is 14.1. The number of rotatable bonds is 68. The Morgan fingerprint density at radius 2 is 0.529 bits per heavy atom. The summed E-state index contributed by atoms with van der Waals surface area (Å²) in [4.78, 5) is 72.4. The predicted molar refractivity (Wildman–Crippen MR) is 349 cm³/mol. The van der Waals surface area contributed by atoms with Crippen LogP contribution in [0.1, 0.15) is 349 Å². The highest BCUT2D eigenvalue weighted by Crippen LogP contribution is 2.45. The molecule has 0 aliphatic carbocycles.